The number of nitrogens with zero attached hydrogens (tertiary/aromatic N) is 3. The molecule has 0 atom stereocenters. The zero-order valence-electron chi connectivity index (χ0n) is 16.1. The van der Waals surface area contributed by atoms with Gasteiger partial charge in [-0.3, -0.25) is 4.79 Å². The molecule has 144 valence electrons. The van der Waals surface area contributed by atoms with Crippen LogP contribution in [0.1, 0.15) is 33.5 Å². The van der Waals surface area contributed by atoms with Gasteiger partial charge in [-0.25, -0.2) is 0 Å². The maximum Gasteiger partial charge on any atom is 0.255 e. The second-order valence-corrected chi connectivity index (χ2v) is 8.41. The summed E-state index contributed by atoms with van der Waals surface area (Å²) in [6.07, 6.45) is 3.53. The van der Waals surface area contributed by atoms with E-state index in [4.69, 9.17) is 11.6 Å². The summed E-state index contributed by atoms with van der Waals surface area (Å²) in [4.78, 5) is 19.9. The first-order valence-corrected chi connectivity index (χ1v) is 10.3. The average Bonchev–Trinajstić information content (AvgIpc) is 3.28. The van der Waals surface area contributed by atoms with Crippen LogP contribution in [0, 0.1) is 6.92 Å². The van der Waals surface area contributed by atoms with E-state index >= 15 is 0 Å². The Kier molecular flexibility index (Phi) is 4.31. The Labute approximate surface area is 171 Å². The molecular formula is C23H24ClN3O. The van der Waals surface area contributed by atoms with Gasteiger partial charge in [0.2, 0.25) is 0 Å². The van der Waals surface area contributed by atoms with Gasteiger partial charge in [-0.15, -0.1) is 0 Å². The van der Waals surface area contributed by atoms with Crippen LogP contribution in [0.15, 0.2) is 48.2 Å². The number of aryl methyl sites for hydroxylation is 1. The van der Waals surface area contributed by atoms with Gasteiger partial charge in [0.25, 0.3) is 5.91 Å². The lowest BCUT2D eigenvalue weighted by Gasteiger charge is -2.37. The van der Waals surface area contributed by atoms with E-state index in [9.17, 15) is 4.79 Å². The normalized spacial score (nSPS) is 18.4. The largest absolute Gasteiger partial charge is 0.372 e. The Balaban J connectivity index is 1.38. The second-order valence-electron chi connectivity index (χ2n) is 7.98. The summed E-state index contributed by atoms with van der Waals surface area (Å²) in [5.74, 6) is 0.136. The number of carbonyl (C=O) groups is 1. The zero-order valence-corrected chi connectivity index (χ0v) is 16.9. The van der Waals surface area contributed by atoms with Crippen LogP contribution in [0.4, 0.5) is 5.69 Å². The maximum atomic E-state index is 13.0. The van der Waals surface area contributed by atoms with Crippen molar-refractivity contribution in [1.29, 1.82) is 0 Å². The van der Waals surface area contributed by atoms with E-state index in [-0.39, 0.29) is 5.91 Å². The van der Waals surface area contributed by atoms with E-state index < -0.39 is 0 Å². The van der Waals surface area contributed by atoms with Crippen molar-refractivity contribution in [2.75, 3.05) is 31.1 Å². The molecule has 0 spiro atoms. The predicted molar refractivity (Wildman–Crippen MR) is 113 cm³/mol. The number of fused-ring (bicyclic) bond motifs is 2. The number of halogens is 1. The number of hydrogen-bond acceptors (Lipinski definition) is 3. The van der Waals surface area contributed by atoms with Crippen molar-refractivity contribution >= 4 is 23.2 Å². The third-order valence-corrected chi connectivity index (χ3v) is 6.35. The minimum Gasteiger partial charge on any atom is -0.372 e. The highest BCUT2D eigenvalue weighted by atomic mass is 35.5. The first kappa shape index (κ1) is 17.6. The number of benzene rings is 2. The summed E-state index contributed by atoms with van der Waals surface area (Å²) in [7, 11) is 0. The first-order valence-electron chi connectivity index (χ1n) is 9.94. The minimum absolute atomic E-state index is 0.136. The fourth-order valence-corrected chi connectivity index (χ4v) is 4.77. The molecule has 0 unspecified atom stereocenters. The summed E-state index contributed by atoms with van der Waals surface area (Å²) < 4.78 is 0. The smallest absolute Gasteiger partial charge is 0.255 e. The Morgan fingerprint density at radius 2 is 1.79 bits per heavy atom. The molecule has 1 saturated heterocycles. The molecule has 0 aliphatic carbocycles. The van der Waals surface area contributed by atoms with Crippen LogP contribution in [-0.2, 0) is 13.1 Å². The Morgan fingerprint density at radius 1 is 1.00 bits per heavy atom. The monoisotopic (exact) mass is 393 g/mol. The van der Waals surface area contributed by atoms with Crippen molar-refractivity contribution < 1.29 is 4.79 Å². The van der Waals surface area contributed by atoms with Crippen molar-refractivity contribution in [3.05, 3.63) is 75.4 Å². The van der Waals surface area contributed by atoms with E-state index in [1.54, 1.807) is 0 Å². The Hall–Kier alpha value is -2.46. The highest BCUT2D eigenvalue weighted by Gasteiger charge is 2.31. The molecule has 3 aliphatic rings. The van der Waals surface area contributed by atoms with E-state index in [0.29, 0.717) is 13.1 Å². The van der Waals surface area contributed by atoms with Gasteiger partial charge in [0.05, 0.1) is 6.54 Å². The summed E-state index contributed by atoms with van der Waals surface area (Å²) >= 11 is 5.98. The highest BCUT2D eigenvalue weighted by Crippen LogP contribution is 2.33. The van der Waals surface area contributed by atoms with Crippen molar-refractivity contribution in [3.63, 3.8) is 0 Å². The fourth-order valence-electron chi connectivity index (χ4n) is 4.64. The lowest BCUT2D eigenvalue weighted by atomic mass is 10.0. The Morgan fingerprint density at radius 3 is 2.61 bits per heavy atom. The third-order valence-electron chi connectivity index (χ3n) is 6.09. The van der Waals surface area contributed by atoms with Crippen LogP contribution in [0.2, 0.25) is 5.02 Å². The van der Waals surface area contributed by atoms with E-state index in [1.165, 1.54) is 24.4 Å². The fraction of sp³-hybridized carbons (Fsp3) is 0.348. The van der Waals surface area contributed by atoms with Gasteiger partial charge >= 0.3 is 0 Å². The second kappa shape index (κ2) is 6.85. The molecular weight excluding hydrogens is 370 g/mol. The van der Waals surface area contributed by atoms with E-state index in [2.05, 4.69) is 34.9 Å². The number of carbonyl (C=O) groups excluding carboxylic acids is 1. The molecule has 0 radical (unpaired) electrons. The van der Waals surface area contributed by atoms with Crippen molar-refractivity contribution in [2.45, 2.75) is 26.4 Å². The van der Waals surface area contributed by atoms with Crippen molar-refractivity contribution in [3.8, 4) is 0 Å². The SMILES string of the molecule is Cc1cc(N2CCN3CCC=C3C2)cc2c1C(=O)N(Cc1ccc(Cl)cc1)C2. The van der Waals surface area contributed by atoms with Crippen LogP contribution in [-0.4, -0.2) is 41.9 Å². The molecule has 1 fully saturated rings. The Bertz CT molecular complexity index is 967. The molecule has 0 saturated carbocycles. The molecule has 0 N–H and O–H groups in total. The molecule has 0 bridgehead atoms. The molecule has 1 amide bonds. The zero-order chi connectivity index (χ0) is 19.3. The summed E-state index contributed by atoms with van der Waals surface area (Å²) in [6.45, 7) is 7.62. The lowest BCUT2D eigenvalue weighted by molar-refractivity contribution is 0.0766. The molecule has 3 heterocycles. The molecule has 2 aromatic rings. The molecule has 5 rings (SSSR count). The molecule has 0 aromatic heterocycles. The third kappa shape index (κ3) is 3.06. The summed E-state index contributed by atoms with van der Waals surface area (Å²) in [5.41, 5.74) is 6.91. The molecule has 2 aromatic carbocycles. The molecule has 28 heavy (non-hydrogen) atoms. The summed E-state index contributed by atoms with van der Waals surface area (Å²) in [5, 5.41) is 0.720. The standard InChI is InChI=1S/C23H24ClN3O/c1-16-11-21(26-10-9-25-8-2-3-20(25)15-26)12-18-14-27(23(28)22(16)18)13-17-4-6-19(24)7-5-17/h3-7,11-12H,2,8-10,13-15H2,1H3. The van der Waals surface area contributed by atoms with Gasteiger partial charge < -0.3 is 14.7 Å². The molecule has 5 heteroatoms. The van der Waals surface area contributed by atoms with Crippen LogP contribution in [0.5, 0.6) is 0 Å². The van der Waals surface area contributed by atoms with Gasteiger partial charge in [-0.1, -0.05) is 29.8 Å². The minimum atomic E-state index is 0.136. The number of hydrogen-bond donors (Lipinski definition) is 0. The number of anilines is 1. The van der Waals surface area contributed by atoms with Crippen molar-refractivity contribution in [1.82, 2.24) is 9.80 Å². The van der Waals surface area contributed by atoms with Gasteiger partial charge in [0, 0.05) is 54.7 Å². The van der Waals surface area contributed by atoms with Gasteiger partial charge in [0.1, 0.15) is 0 Å². The number of amides is 1. The quantitative estimate of drug-likeness (QED) is 0.781. The van der Waals surface area contributed by atoms with Crippen LogP contribution < -0.4 is 4.90 Å². The molecule has 4 nitrogen and oxygen atoms in total. The first-order chi connectivity index (χ1) is 13.6. The average molecular weight is 394 g/mol. The highest BCUT2D eigenvalue weighted by molar-refractivity contribution is 6.30. The number of rotatable bonds is 3. The van der Waals surface area contributed by atoms with Crippen molar-refractivity contribution in [2.24, 2.45) is 0 Å². The van der Waals surface area contributed by atoms with Crippen LogP contribution in [0.3, 0.4) is 0 Å². The van der Waals surface area contributed by atoms with Gasteiger partial charge in [-0.2, -0.15) is 0 Å². The van der Waals surface area contributed by atoms with E-state index in [0.717, 1.165) is 46.9 Å². The van der Waals surface area contributed by atoms with Crippen LogP contribution >= 0.6 is 11.6 Å². The summed E-state index contributed by atoms with van der Waals surface area (Å²) in [6, 6.07) is 12.2. The maximum absolute atomic E-state index is 13.0. The van der Waals surface area contributed by atoms with Crippen LogP contribution in [0.25, 0.3) is 0 Å². The topological polar surface area (TPSA) is 26.8 Å². The predicted octanol–water partition coefficient (Wildman–Crippen LogP) is 4.21. The number of piperazine rings is 1. The lowest BCUT2D eigenvalue weighted by Crippen LogP contribution is -2.43. The van der Waals surface area contributed by atoms with E-state index in [1.807, 2.05) is 29.2 Å². The van der Waals surface area contributed by atoms with Gasteiger partial charge in [-0.05, 0) is 54.3 Å². The molecule has 3 aliphatic heterocycles. The van der Waals surface area contributed by atoms with Gasteiger partial charge in [0.15, 0.2) is 0 Å².